The van der Waals surface area contributed by atoms with Crippen LogP contribution in [0.25, 0.3) is 17.1 Å². The summed E-state index contributed by atoms with van der Waals surface area (Å²) in [6.07, 6.45) is 3.72. The maximum absolute atomic E-state index is 6.15. The van der Waals surface area contributed by atoms with Crippen LogP contribution < -0.4 is 11.1 Å². The maximum atomic E-state index is 6.15. The molecule has 0 aliphatic rings. The predicted molar refractivity (Wildman–Crippen MR) is 112 cm³/mol. The van der Waals surface area contributed by atoms with Crippen molar-refractivity contribution in [2.24, 2.45) is 0 Å². The summed E-state index contributed by atoms with van der Waals surface area (Å²) in [4.78, 5) is 13.6. The van der Waals surface area contributed by atoms with Crippen molar-refractivity contribution in [1.29, 1.82) is 0 Å². The van der Waals surface area contributed by atoms with Crippen LogP contribution in [0.4, 0.5) is 11.8 Å². The number of hydrogen-bond acceptors (Lipinski definition) is 6. The Morgan fingerprint density at radius 3 is 2.46 bits per heavy atom. The van der Waals surface area contributed by atoms with Crippen LogP contribution in [-0.4, -0.2) is 29.3 Å². The van der Waals surface area contributed by atoms with Crippen molar-refractivity contribution >= 4 is 22.9 Å². The summed E-state index contributed by atoms with van der Waals surface area (Å²) in [5.41, 5.74) is 9.63. The van der Waals surface area contributed by atoms with Gasteiger partial charge in [-0.25, -0.2) is 9.67 Å². The molecule has 3 N–H and O–H groups in total. The van der Waals surface area contributed by atoms with Gasteiger partial charge in [0.15, 0.2) is 17.0 Å². The summed E-state index contributed by atoms with van der Waals surface area (Å²) >= 11 is 0. The van der Waals surface area contributed by atoms with Gasteiger partial charge in [-0.3, -0.25) is 4.57 Å². The van der Waals surface area contributed by atoms with Crippen molar-refractivity contribution in [1.82, 2.24) is 29.3 Å². The molecule has 146 valence electrons. The number of hydrogen-bond donors (Lipinski definition) is 2. The molecular formula is C20H26N8. The molecule has 0 unspecified atom stereocenters. The van der Waals surface area contributed by atoms with E-state index in [1.807, 2.05) is 68.8 Å². The average molecular weight is 378 g/mol. The lowest BCUT2D eigenvalue weighted by atomic mass is 10.2. The minimum atomic E-state index is 0.350. The summed E-state index contributed by atoms with van der Waals surface area (Å²) in [5.74, 6) is 1.51. The first-order valence-corrected chi connectivity index (χ1v) is 9.49. The summed E-state index contributed by atoms with van der Waals surface area (Å²) in [6, 6.07) is 10.1. The second-order valence-corrected chi connectivity index (χ2v) is 6.06. The minimum absolute atomic E-state index is 0.350. The normalized spacial score (nSPS) is 10.6. The molecule has 8 nitrogen and oxygen atoms in total. The molecule has 3 aromatic heterocycles. The van der Waals surface area contributed by atoms with Crippen molar-refractivity contribution in [3.63, 3.8) is 0 Å². The van der Waals surface area contributed by atoms with Gasteiger partial charge in [-0.15, -0.1) is 0 Å². The van der Waals surface area contributed by atoms with Gasteiger partial charge in [0.2, 0.25) is 11.9 Å². The molecule has 0 fully saturated rings. The molecule has 0 atom stereocenters. The molecule has 4 rings (SSSR count). The van der Waals surface area contributed by atoms with E-state index in [4.69, 9.17) is 5.73 Å². The Labute approximate surface area is 164 Å². The molecule has 1 aromatic carbocycles. The van der Waals surface area contributed by atoms with Crippen molar-refractivity contribution in [2.45, 2.75) is 40.8 Å². The highest BCUT2D eigenvalue weighted by Gasteiger charge is 2.17. The lowest BCUT2D eigenvalue weighted by molar-refractivity contribution is 0.696. The monoisotopic (exact) mass is 378 g/mol. The minimum Gasteiger partial charge on any atom is -0.382 e. The highest BCUT2D eigenvalue weighted by Crippen LogP contribution is 2.23. The van der Waals surface area contributed by atoms with E-state index >= 15 is 0 Å². The predicted octanol–water partition coefficient (Wildman–Crippen LogP) is 3.56. The largest absolute Gasteiger partial charge is 0.382 e. The second-order valence-electron chi connectivity index (χ2n) is 6.06. The highest BCUT2D eigenvalue weighted by molar-refractivity contribution is 5.84. The zero-order chi connectivity index (χ0) is 20.1. The molecule has 0 spiro atoms. The number of imidazole rings is 1. The Morgan fingerprint density at radius 2 is 1.82 bits per heavy atom. The molecule has 4 aromatic rings. The van der Waals surface area contributed by atoms with Crippen LogP contribution in [0.3, 0.4) is 0 Å². The number of nitrogens with two attached hydrogens (primary N) is 1. The van der Waals surface area contributed by atoms with E-state index in [1.165, 1.54) is 0 Å². The number of nitrogens with one attached hydrogen (secondary N) is 1. The summed E-state index contributed by atoms with van der Waals surface area (Å²) < 4.78 is 3.71. The van der Waals surface area contributed by atoms with E-state index in [0.717, 1.165) is 11.1 Å². The van der Waals surface area contributed by atoms with Crippen LogP contribution in [0, 0.1) is 6.92 Å². The van der Waals surface area contributed by atoms with Gasteiger partial charge in [-0.1, -0.05) is 44.2 Å². The fourth-order valence-corrected chi connectivity index (χ4v) is 2.85. The van der Waals surface area contributed by atoms with Crippen LogP contribution >= 0.6 is 0 Å². The Hall–Kier alpha value is -3.42. The smallest absolute Gasteiger partial charge is 0.233 e. The van der Waals surface area contributed by atoms with Crippen molar-refractivity contribution in [3.8, 4) is 5.95 Å². The first-order chi connectivity index (χ1) is 13.7. The molecule has 3 heterocycles. The van der Waals surface area contributed by atoms with Gasteiger partial charge in [-0.2, -0.15) is 15.1 Å². The first kappa shape index (κ1) is 19.3. The quantitative estimate of drug-likeness (QED) is 0.551. The number of anilines is 2. The molecule has 0 saturated heterocycles. The summed E-state index contributed by atoms with van der Waals surface area (Å²) in [5, 5.41) is 7.58. The molecule has 8 heteroatoms. The Bertz CT molecular complexity index is 1050. The van der Waals surface area contributed by atoms with Gasteiger partial charge in [-0.05, 0) is 25.0 Å². The fourth-order valence-electron chi connectivity index (χ4n) is 2.85. The topological polar surface area (TPSA) is 99.5 Å². The zero-order valence-electron chi connectivity index (χ0n) is 16.7. The van der Waals surface area contributed by atoms with Gasteiger partial charge < -0.3 is 11.1 Å². The fraction of sp³-hybridized carbons (Fsp3) is 0.300. The number of nitrogen functional groups attached to an aromatic ring is 1. The molecule has 28 heavy (non-hydrogen) atoms. The number of benzene rings is 1. The van der Waals surface area contributed by atoms with Crippen molar-refractivity contribution < 1.29 is 0 Å². The number of aryl methyl sites for hydroxylation is 2. The lowest BCUT2D eigenvalue weighted by Gasteiger charge is -2.08. The SMILES string of the molecule is CC.CCn1c(-n2cc(C)cn2)nc2c(N)nc(NCc3ccccc3)nc21. The van der Waals surface area contributed by atoms with Crippen LogP contribution in [0.15, 0.2) is 42.7 Å². The standard InChI is InChI=1S/C18H20N8.C2H6/c1-3-25-16-14(22-18(25)26-11-12(2)9-21-26)15(19)23-17(24-16)20-10-13-7-5-4-6-8-13;1-2/h4-9,11H,3,10H2,1-2H3,(H3,19,20,23,24);1-2H3. The number of rotatable bonds is 5. The number of nitrogens with zero attached hydrogens (tertiary/aromatic N) is 6. The van der Waals surface area contributed by atoms with Gasteiger partial charge in [0.05, 0.1) is 6.20 Å². The third-order valence-electron chi connectivity index (χ3n) is 4.13. The summed E-state index contributed by atoms with van der Waals surface area (Å²) in [7, 11) is 0. The third kappa shape index (κ3) is 3.80. The van der Waals surface area contributed by atoms with E-state index in [9.17, 15) is 0 Å². The van der Waals surface area contributed by atoms with Crippen molar-refractivity contribution in [3.05, 3.63) is 53.9 Å². The van der Waals surface area contributed by atoms with E-state index in [1.54, 1.807) is 10.9 Å². The van der Waals surface area contributed by atoms with E-state index < -0.39 is 0 Å². The number of fused-ring (bicyclic) bond motifs is 1. The van der Waals surface area contributed by atoms with E-state index in [-0.39, 0.29) is 0 Å². The molecule has 0 radical (unpaired) electrons. The Morgan fingerprint density at radius 1 is 1.07 bits per heavy atom. The third-order valence-corrected chi connectivity index (χ3v) is 4.13. The van der Waals surface area contributed by atoms with Crippen LogP contribution in [0.5, 0.6) is 0 Å². The first-order valence-electron chi connectivity index (χ1n) is 9.49. The molecule has 0 saturated carbocycles. The number of aromatic nitrogens is 6. The van der Waals surface area contributed by atoms with Crippen LogP contribution in [0.1, 0.15) is 31.9 Å². The molecule has 0 bridgehead atoms. The molecular weight excluding hydrogens is 352 g/mol. The average Bonchev–Trinajstić information content (AvgIpc) is 3.32. The van der Waals surface area contributed by atoms with Gasteiger partial charge in [0.1, 0.15) is 0 Å². The Balaban J connectivity index is 0.00000109. The zero-order valence-corrected chi connectivity index (χ0v) is 16.7. The highest BCUT2D eigenvalue weighted by atomic mass is 15.4. The molecule has 0 aliphatic heterocycles. The van der Waals surface area contributed by atoms with Crippen LogP contribution in [-0.2, 0) is 13.1 Å². The Kier molecular flexibility index (Phi) is 5.88. The van der Waals surface area contributed by atoms with Gasteiger partial charge >= 0.3 is 0 Å². The van der Waals surface area contributed by atoms with Crippen LogP contribution in [0.2, 0.25) is 0 Å². The summed E-state index contributed by atoms with van der Waals surface area (Å²) in [6.45, 7) is 9.34. The van der Waals surface area contributed by atoms with E-state index in [2.05, 4.69) is 25.4 Å². The van der Waals surface area contributed by atoms with E-state index in [0.29, 0.717) is 42.0 Å². The lowest BCUT2D eigenvalue weighted by Crippen LogP contribution is -2.08. The maximum Gasteiger partial charge on any atom is 0.233 e. The van der Waals surface area contributed by atoms with Gasteiger partial charge in [0.25, 0.3) is 0 Å². The second kappa shape index (κ2) is 8.51. The molecule has 0 aliphatic carbocycles. The van der Waals surface area contributed by atoms with Crippen molar-refractivity contribution in [2.75, 3.05) is 11.1 Å². The van der Waals surface area contributed by atoms with Gasteiger partial charge in [0, 0.05) is 19.3 Å². The molecule has 0 amide bonds.